The number of halogens is 4. The third kappa shape index (κ3) is 6.17. The lowest BCUT2D eigenvalue weighted by Gasteiger charge is -2.34. The predicted molar refractivity (Wildman–Crippen MR) is 149 cm³/mol. The Morgan fingerprint density at radius 3 is 2.41 bits per heavy atom. The van der Waals surface area contributed by atoms with Gasteiger partial charge < -0.3 is 9.80 Å². The number of nitrogens with zero attached hydrogens (tertiary/aromatic N) is 2. The van der Waals surface area contributed by atoms with E-state index >= 15 is 0 Å². The van der Waals surface area contributed by atoms with Gasteiger partial charge in [0.2, 0.25) is 0 Å². The molecule has 0 spiro atoms. The van der Waals surface area contributed by atoms with Gasteiger partial charge in [0.05, 0.1) is 15.6 Å². The van der Waals surface area contributed by atoms with E-state index in [0.717, 1.165) is 37.8 Å². The monoisotopic (exact) mass is 560 g/mol. The van der Waals surface area contributed by atoms with Gasteiger partial charge in [-0.2, -0.15) is 0 Å². The van der Waals surface area contributed by atoms with Gasteiger partial charge >= 0.3 is 0 Å². The predicted octanol–water partition coefficient (Wildman–Crippen LogP) is 6.60. The summed E-state index contributed by atoms with van der Waals surface area (Å²) in [6.45, 7) is 4.03. The fourth-order valence-electron chi connectivity index (χ4n) is 5.53. The molecule has 2 fully saturated rings. The van der Waals surface area contributed by atoms with E-state index in [2.05, 4.69) is 35.2 Å². The van der Waals surface area contributed by atoms with Crippen LogP contribution in [0.25, 0.3) is 0 Å². The number of hydrogen-bond acceptors (Lipinski definition) is 2. The lowest BCUT2D eigenvalue weighted by molar-refractivity contribution is 0.0782. The molecule has 37 heavy (non-hydrogen) atoms. The van der Waals surface area contributed by atoms with E-state index in [1.165, 1.54) is 17.7 Å². The molecule has 2 unspecified atom stereocenters. The molecule has 0 radical (unpaired) electrons. The smallest absolute Gasteiger partial charge is 0.255 e. The van der Waals surface area contributed by atoms with Crippen molar-refractivity contribution >= 4 is 43.0 Å². The molecule has 8 heteroatoms. The lowest BCUT2D eigenvalue weighted by Crippen LogP contribution is -2.39. The number of likely N-dealkylation sites (tertiary alicyclic amines) is 2. The van der Waals surface area contributed by atoms with Crippen molar-refractivity contribution in [3.63, 3.8) is 0 Å². The molecule has 0 N–H and O–H groups in total. The largest absolute Gasteiger partial charge is 0.338 e. The second-order valence-corrected chi connectivity index (χ2v) is 12.3. The Morgan fingerprint density at radius 1 is 0.919 bits per heavy atom. The van der Waals surface area contributed by atoms with Crippen molar-refractivity contribution in [1.29, 1.82) is 0 Å². The minimum atomic E-state index is -0.842. The zero-order valence-electron chi connectivity index (χ0n) is 20.3. The molecule has 1 amide bonds. The van der Waals surface area contributed by atoms with E-state index < -0.39 is 11.6 Å². The van der Waals surface area contributed by atoms with E-state index in [4.69, 9.17) is 23.2 Å². The van der Waals surface area contributed by atoms with Gasteiger partial charge in [0, 0.05) is 25.3 Å². The summed E-state index contributed by atoms with van der Waals surface area (Å²) in [6.07, 6.45) is 2.21. The Morgan fingerprint density at radius 2 is 1.68 bits per heavy atom. The molecule has 0 aliphatic carbocycles. The minimum absolute atomic E-state index is 0.141. The van der Waals surface area contributed by atoms with Crippen LogP contribution in [0, 0.1) is 17.6 Å². The third-order valence-electron chi connectivity index (χ3n) is 7.53. The Hall–Kier alpha value is -2.04. The van der Waals surface area contributed by atoms with Gasteiger partial charge in [0.15, 0.2) is 11.6 Å². The normalized spacial score (nSPS) is 21.2. The fourth-order valence-corrected chi connectivity index (χ4v) is 7.49. The van der Waals surface area contributed by atoms with Crippen molar-refractivity contribution in [2.24, 2.45) is 5.92 Å². The Labute approximate surface area is 228 Å². The van der Waals surface area contributed by atoms with Crippen molar-refractivity contribution in [2.45, 2.75) is 24.4 Å². The van der Waals surface area contributed by atoms with Crippen LogP contribution in [0.3, 0.4) is 0 Å². The summed E-state index contributed by atoms with van der Waals surface area (Å²) in [5.41, 5.74) is 1.95. The van der Waals surface area contributed by atoms with Crippen LogP contribution >= 0.6 is 31.8 Å². The number of amides is 1. The Bertz CT molecular complexity index is 1250. The lowest BCUT2D eigenvalue weighted by atomic mass is 9.89. The number of piperidine rings is 1. The standard InChI is InChI=1S/C29H29Cl2F2N2OP/c30-24-8-4-7-23(28(24)31)29(36)35-17-21(27(18-35)37-22-9-10-25(32)26(33)15-22)16-34-13-11-20(12-14-34)19-5-2-1-3-6-19/h1-10,15,20-21,27,37H,11-14,16-18H2/t21-,27?/m0/s1. The van der Waals surface area contributed by atoms with Crippen molar-refractivity contribution in [2.75, 3.05) is 32.7 Å². The van der Waals surface area contributed by atoms with Gasteiger partial charge in [-0.3, -0.25) is 4.79 Å². The first-order valence-electron chi connectivity index (χ1n) is 12.6. The van der Waals surface area contributed by atoms with Crippen LogP contribution in [0.1, 0.15) is 34.7 Å². The third-order valence-corrected chi connectivity index (χ3v) is 10.0. The highest BCUT2D eigenvalue weighted by Crippen LogP contribution is 2.36. The molecular weight excluding hydrogens is 532 g/mol. The molecule has 3 nitrogen and oxygen atoms in total. The first-order valence-corrected chi connectivity index (χ1v) is 14.4. The van der Waals surface area contributed by atoms with Gasteiger partial charge in [0.1, 0.15) is 0 Å². The fraction of sp³-hybridized carbons (Fsp3) is 0.345. The molecule has 0 bridgehead atoms. The summed E-state index contributed by atoms with van der Waals surface area (Å²) in [6, 6.07) is 19.9. The molecule has 3 aromatic carbocycles. The summed E-state index contributed by atoms with van der Waals surface area (Å²) >= 11 is 12.5. The van der Waals surface area contributed by atoms with E-state index in [0.29, 0.717) is 29.6 Å². The zero-order chi connectivity index (χ0) is 25.9. The van der Waals surface area contributed by atoms with Crippen LogP contribution in [0.5, 0.6) is 0 Å². The average Bonchev–Trinajstić information content (AvgIpc) is 3.30. The summed E-state index contributed by atoms with van der Waals surface area (Å²) in [5, 5.41) is 1.39. The minimum Gasteiger partial charge on any atom is -0.338 e. The quantitative estimate of drug-likeness (QED) is 0.317. The van der Waals surface area contributed by atoms with Crippen LogP contribution in [-0.4, -0.2) is 54.1 Å². The molecule has 5 rings (SSSR count). The van der Waals surface area contributed by atoms with Crippen molar-refractivity contribution in [3.8, 4) is 0 Å². The van der Waals surface area contributed by atoms with Crippen molar-refractivity contribution < 1.29 is 13.6 Å². The average molecular weight is 561 g/mol. The van der Waals surface area contributed by atoms with Gasteiger partial charge in [-0.1, -0.05) is 74.2 Å². The highest BCUT2D eigenvalue weighted by molar-refractivity contribution is 7.48. The topological polar surface area (TPSA) is 23.6 Å². The number of hydrogen-bond donors (Lipinski definition) is 0. The Kier molecular flexibility index (Phi) is 8.46. The molecule has 2 aliphatic heterocycles. The van der Waals surface area contributed by atoms with Gasteiger partial charge in [-0.25, -0.2) is 8.78 Å². The van der Waals surface area contributed by atoms with Gasteiger partial charge in [0.25, 0.3) is 5.91 Å². The zero-order valence-corrected chi connectivity index (χ0v) is 22.9. The number of carbonyl (C=O) groups excluding carboxylic acids is 1. The first-order chi connectivity index (χ1) is 17.9. The van der Waals surface area contributed by atoms with Crippen LogP contribution in [-0.2, 0) is 0 Å². The highest BCUT2D eigenvalue weighted by Gasteiger charge is 2.38. The molecule has 194 valence electrons. The summed E-state index contributed by atoms with van der Waals surface area (Å²) in [4.78, 5) is 17.8. The molecule has 2 aliphatic rings. The van der Waals surface area contributed by atoms with Gasteiger partial charge in [-0.05, 0) is 72.9 Å². The number of rotatable bonds is 6. The summed E-state index contributed by atoms with van der Waals surface area (Å²) < 4.78 is 27.5. The summed E-state index contributed by atoms with van der Waals surface area (Å²) in [5.74, 6) is -1.02. The molecular formula is C29H29Cl2F2N2OP. The van der Waals surface area contributed by atoms with Crippen LogP contribution in [0.2, 0.25) is 10.0 Å². The first kappa shape index (κ1) is 26.6. The van der Waals surface area contributed by atoms with Crippen LogP contribution in [0.4, 0.5) is 8.78 Å². The molecule has 2 saturated heterocycles. The van der Waals surface area contributed by atoms with Gasteiger partial charge in [-0.15, -0.1) is 0 Å². The number of carbonyl (C=O) groups is 1. The molecule has 3 atom stereocenters. The second-order valence-electron chi connectivity index (χ2n) is 9.94. The molecule has 3 aromatic rings. The number of benzene rings is 3. The maximum Gasteiger partial charge on any atom is 0.255 e. The highest BCUT2D eigenvalue weighted by atomic mass is 35.5. The SMILES string of the molecule is O=C(c1cccc(Cl)c1Cl)N1CC(Pc2ccc(F)c(F)c2)[C@@H](CN2CCC(c3ccccc3)CC2)C1. The molecule has 0 aromatic heterocycles. The van der Waals surface area contributed by atoms with E-state index in [9.17, 15) is 13.6 Å². The second kappa shape index (κ2) is 11.8. The van der Waals surface area contributed by atoms with E-state index in [1.807, 2.05) is 4.90 Å². The van der Waals surface area contributed by atoms with E-state index in [1.54, 1.807) is 24.3 Å². The maximum absolute atomic E-state index is 13.9. The molecule has 0 saturated carbocycles. The summed E-state index contributed by atoms with van der Waals surface area (Å²) in [7, 11) is 0.270. The van der Waals surface area contributed by atoms with E-state index in [-0.39, 0.29) is 31.1 Å². The van der Waals surface area contributed by atoms with Crippen molar-refractivity contribution in [1.82, 2.24) is 9.80 Å². The van der Waals surface area contributed by atoms with Crippen molar-refractivity contribution in [3.05, 3.63) is 99.5 Å². The maximum atomic E-state index is 13.9. The van der Waals surface area contributed by atoms with Crippen LogP contribution in [0.15, 0.2) is 66.7 Å². The Balaban J connectivity index is 1.30. The molecule has 2 heterocycles. The van der Waals surface area contributed by atoms with Crippen LogP contribution < -0.4 is 5.30 Å².